The molecule has 0 saturated carbocycles. The summed E-state index contributed by atoms with van der Waals surface area (Å²) < 4.78 is 0. The minimum Gasteiger partial charge on any atom is -0.254 e. The summed E-state index contributed by atoms with van der Waals surface area (Å²) in [6, 6.07) is 14.5. The van der Waals surface area contributed by atoms with Crippen LogP contribution in [0.3, 0.4) is 0 Å². The van der Waals surface area contributed by atoms with Gasteiger partial charge in [-0.05, 0) is 43.7 Å². The lowest BCUT2D eigenvalue weighted by molar-refractivity contribution is 1.24. The number of aryl methyl sites for hydroxylation is 2. The molecule has 0 aliphatic heterocycles. The molecule has 3 aromatic rings. The highest BCUT2D eigenvalue weighted by molar-refractivity contribution is 5.81. The standard InChI is InChI=1S/C16H14N2/c1-11-3-6-14-13(9-11)5-8-16(18-14)15-7-4-12(2)10-17-15/h3-10H,1-2H3. The SMILES string of the molecule is Cc1ccc(-c2ccc3cc(C)ccc3n2)nc1. The Morgan fingerprint density at radius 2 is 1.56 bits per heavy atom. The molecule has 2 heterocycles. The number of pyridine rings is 2. The van der Waals surface area contributed by atoms with E-state index in [2.05, 4.69) is 47.2 Å². The van der Waals surface area contributed by atoms with Gasteiger partial charge in [0.05, 0.1) is 16.9 Å². The van der Waals surface area contributed by atoms with Crippen molar-refractivity contribution in [2.24, 2.45) is 0 Å². The Balaban J connectivity index is 2.13. The topological polar surface area (TPSA) is 25.8 Å². The van der Waals surface area contributed by atoms with E-state index >= 15 is 0 Å². The molecule has 2 nitrogen and oxygen atoms in total. The van der Waals surface area contributed by atoms with Crippen LogP contribution in [0, 0.1) is 13.8 Å². The number of hydrogen-bond acceptors (Lipinski definition) is 2. The van der Waals surface area contributed by atoms with E-state index in [9.17, 15) is 0 Å². The van der Waals surface area contributed by atoms with E-state index < -0.39 is 0 Å². The largest absolute Gasteiger partial charge is 0.254 e. The zero-order valence-electron chi connectivity index (χ0n) is 10.5. The van der Waals surface area contributed by atoms with Crippen LogP contribution in [0.1, 0.15) is 11.1 Å². The summed E-state index contributed by atoms with van der Waals surface area (Å²) in [6.07, 6.45) is 1.87. The average molecular weight is 234 g/mol. The molecule has 0 spiro atoms. The Morgan fingerprint density at radius 1 is 0.778 bits per heavy atom. The molecule has 0 fully saturated rings. The van der Waals surface area contributed by atoms with E-state index in [1.165, 1.54) is 10.9 Å². The second kappa shape index (κ2) is 4.22. The maximum Gasteiger partial charge on any atom is 0.0893 e. The summed E-state index contributed by atoms with van der Waals surface area (Å²) in [5.41, 5.74) is 5.27. The van der Waals surface area contributed by atoms with E-state index in [0.717, 1.165) is 22.5 Å². The maximum atomic E-state index is 4.65. The predicted octanol–water partition coefficient (Wildman–Crippen LogP) is 3.91. The van der Waals surface area contributed by atoms with Crippen molar-refractivity contribution in [1.82, 2.24) is 9.97 Å². The van der Waals surface area contributed by atoms with Gasteiger partial charge in [0.1, 0.15) is 0 Å². The molecule has 88 valence electrons. The Morgan fingerprint density at radius 3 is 2.33 bits per heavy atom. The molecular weight excluding hydrogens is 220 g/mol. The third-order valence-corrected chi connectivity index (χ3v) is 3.02. The fraction of sp³-hybridized carbons (Fsp3) is 0.125. The van der Waals surface area contributed by atoms with Crippen LogP contribution in [0.2, 0.25) is 0 Å². The number of hydrogen-bond donors (Lipinski definition) is 0. The lowest BCUT2D eigenvalue weighted by atomic mass is 10.1. The molecule has 0 atom stereocenters. The van der Waals surface area contributed by atoms with E-state index in [0.29, 0.717) is 0 Å². The van der Waals surface area contributed by atoms with Crippen molar-refractivity contribution < 1.29 is 0 Å². The zero-order chi connectivity index (χ0) is 12.5. The fourth-order valence-electron chi connectivity index (χ4n) is 2.01. The van der Waals surface area contributed by atoms with Crippen LogP contribution in [0.4, 0.5) is 0 Å². The smallest absolute Gasteiger partial charge is 0.0893 e. The summed E-state index contributed by atoms with van der Waals surface area (Å²) in [4.78, 5) is 9.06. The van der Waals surface area contributed by atoms with Crippen molar-refractivity contribution in [1.29, 1.82) is 0 Å². The second-order valence-electron chi connectivity index (χ2n) is 4.61. The highest BCUT2D eigenvalue weighted by Crippen LogP contribution is 2.20. The van der Waals surface area contributed by atoms with Gasteiger partial charge < -0.3 is 0 Å². The summed E-state index contributed by atoms with van der Waals surface area (Å²) in [6.45, 7) is 4.13. The molecule has 0 aliphatic carbocycles. The van der Waals surface area contributed by atoms with Crippen LogP contribution >= 0.6 is 0 Å². The summed E-state index contributed by atoms with van der Waals surface area (Å²) in [5, 5.41) is 1.17. The minimum atomic E-state index is 0.920. The number of aromatic nitrogens is 2. The van der Waals surface area contributed by atoms with Crippen LogP contribution in [0.5, 0.6) is 0 Å². The Bertz CT molecular complexity index is 700. The fourth-order valence-corrected chi connectivity index (χ4v) is 2.01. The van der Waals surface area contributed by atoms with Crippen LogP contribution < -0.4 is 0 Å². The lowest BCUT2D eigenvalue weighted by Crippen LogP contribution is -1.89. The van der Waals surface area contributed by atoms with E-state index in [4.69, 9.17) is 0 Å². The molecule has 0 amide bonds. The van der Waals surface area contributed by atoms with Gasteiger partial charge in [-0.25, -0.2) is 4.98 Å². The molecule has 0 aliphatic rings. The molecule has 0 unspecified atom stereocenters. The molecule has 2 aromatic heterocycles. The third kappa shape index (κ3) is 1.97. The average Bonchev–Trinajstić information content (AvgIpc) is 2.39. The van der Waals surface area contributed by atoms with Gasteiger partial charge in [-0.15, -0.1) is 0 Å². The summed E-state index contributed by atoms with van der Waals surface area (Å²) in [5.74, 6) is 0. The number of nitrogens with zero attached hydrogens (tertiary/aromatic N) is 2. The zero-order valence-corrected chi connectivity index (χ0v) is 10.5. The van der Waals surface area contributed by atoms with Gasteiger partial charge in [0.25, 0.3) is 0 Å². The van der Waals surface area contributed by atoms with E-state index in [1.54, 1.807) is 0 Å². The highest BCUT2D eigenvalue weighted by Gasteiger charge is 2.02. The van der Waals surface area contributed by atoms with Crippen molar-refractivity contribution in [2.45, 2.75) is 13.8 Å². The van der Waals surface area contributed by atoms with E-state index in [1.807, 2.05) is 25.3 Å². The Labute approximate surface area is 106 Å². The van der Waals surface area contributed by atoms with Gasteiger partial charge in [-0.1, -0.05) is 23.8 Å². The van der Waals surface area contributed by atoms with Crippen molar-refractivity contribution in [2.75, 3.05) is 0 Å². The first kappa shape index (κ1) is 10.9. The molecular formula is C16H14N2. The highest BCUT2D eigenvalue weighted by atomic mass is 14.8. The van der Waals surface area contributed by atoms with Gasteiger partial charge >= 0.3 is 0 Å². The van der Waals surface area contributed by atoms with Crippen molar-refractivity contribution >= 4 is 10.9 Å². The minimum absolute atomic E-state index is 0.920. The summed E-state index contributed by atoms with van der Waals surface area (Å²) >= 11 is 0. The molecule has 0 saturated heterocycles. The van der Waals surface area contributed by atoms with Crippen molar-refractivity contribution in [3.8, 4) is 11.4 Å². The number of rotatable bonds is 1. The second-order valence-corrected chi connectivity index (χ2v) is 4.61. The van der Waals surface area contributed by atoms with Gasteiger partial charge in [0.15, 0.2) is 0 Å². The quantitative estimate of drug-likeness (QED) is 0.638. The van der Waals surface area contributed by atoms with Crippen LogP contribution in [0.25, 0.3) is 22.3 Å². The molecule has 2 heteroatoms. The first-order valence-corrected chi connectivity index (χ1v) is 6.03. The van der Waals surface area contributed by atoms with Crippen LogP contribution in [0.15, 0.2) is 48.7 Å². The van der Waals surface area contributed by atoms with Gasteiger partial charge in [-0.2, -0.15) is 0 Å². The van der Waals surface area contributed by atoms with Gasteiger partial charge in [0, 0.05) is 11.6 Å². The molecule has 0 bridgehead atoms. The van der Waals surface area contributed by atoms with Gasteiger partial charge in [0.2, 0.25) is 0 Å². The Kier molecular flexibility index (Phi) is 2.56. The molecule has 0 radical (unpaired) electrons. The van der Waals surface area contributed by atoms with Crippen LogP contribution in [-0.2, 0) is 0 Å². The molecule has 0 N–H and O–H groups in total. The lowest BCUT2D eigenvalue weighted by Gasteiger charge is -2.03. The molecule has 18 heavy (non-hydrogen) atoms. The van der Waals surface area contributed by atoms with Crippen molar-refractivity contribution in [3.05, 3.63) is 59.8 Å². The maximum absolute atomic E-state index is 4.65. The van der Waals surface area contributed by atoms with Crippen LogP contribution in [-0.4, -0.2) is 9.97 Å². The van der Waals surface area contributed by atoms with Gasteiger partial charge in [-0.3, -0.25) is 4.98 Å². The normalized spacial score (nSPS) is 10.8. The first-order chi connectivity index (χ1) is 8.72. The van der Waals surface area contributed by atoms with E-state index in [-0.39, 0.29) is 0 Å². The Hall–Kier alpha value is -2.22. The number of benzene rings is 1. The summed E-state index contributed by atoms with van der Waals surface area (Å²) in [7, 11) is 0. The van der Waals surface area contributed by atoms with Crippen molar-refractivity contribution in [3.63, 3.8) is 0 Å². The monoisotopic (exact) mass is 234 g/mol. The molecule has 1 aromatic carbocycles. The predicted molar refractivity (Wildman–Crippen MR) is 74.4 cm³/mol. The first-order valence-electron chi connectivity index (χ1n) is 6.03. The number of fused-ring (bicyclic) bond motifs is 1. The molecule has 3 rings (SSSR count). The third-order valence-electron chi connectivity index (χ3n) is 3.02.